The zero-order valence-corrected chi connectivity index (χ0v) is 18.5. The summed E-state index contributed by atoms with van der Waals surface area (Å²) in [5, 5.41) is 7.27. The first-order chi connectivity index (χ1) is 16.7. The van der Waals surface area contributed by atoms with E-state index < -0.39 is 6.04 Å². The molecular formula is C26H23N5O3. The fourth-order valence-electron chi connectivity index (χ4n) is 3.78. The highest BCUT2D eigenvalue weighted by Gasteiger charge is 2.23. The second-order valence-electron chi connectivity index (χ2n) is 7.64. The molecule has 0 aliphatic carbocycles. The van der Waals surface area contributed by atoms with Crippen molar-refractivity contribution in [2.75, 3.05) is 12.4 Å². The van der Waals surface area contributed by atoms with Gasteiger partial charge in [0.2, 0.25) is 0 Å². The van der Waals surface area contributed by atoms with E-state index in [2.05, 4.69) is 15.4 Å². The zero-order valence-electron chi connectivity index (χ0n) is 18.5. The Bertz CT molecular complexity index is 1360. The van der Waals surface area contributed by atoms with Crippen molar-refractivity contribution >= 4 is 17.2 Å². The number of carbonyl (C=O) groups is 1. The number of imidazole rings is 1. The highest BCUT2D eigenvalue weighted by Crippen LogP contribution is 2.31. The molecule has 0 aliphatic heterocycles. The molecule has 8 heteroatoms. The highest BCUT2D eigenvalue weighted by atomic mass is 16.5. The molecule has 0 aliphatic rings. The molecule has 3 aromatic heterocycles. The van der Waals surface area contributed by atoms with E-state index in [1.165, 1.54) is 0 Å². The molecule has 5 rings (SSSR count). The molecule has 34 heavy (non-hydrogen) atoms. The van der Waals surface area contributed by atoms with Gasteiger partial charge in [0.05, 0.1) is 12.8 Å². The number of carbonyl (C=O) groups excluding carboxylic acids is 1. The van der Waals surface area contributed by atoms with E-state index in [-0.39, 0.29) is 12.5 Å². The monoisotopic (exact) mass is 453 g/mol. The van der Waals surface area contributed by atoms with Crippen LogP contribution in [0.2, 0.25) is 0 Å². The van der Waals surface area contributed by atoms with Gasteiger partial charge in [-0.1, -0.05) is 36.4 Å². The maximum atomic E-state index is 13.3. The maximum Gasteiger partial charge on any atom is 0.253 e. The number of aromatic nitrogens is 4. The summed E-state index contributed by atoms with van der Waals surface area (Å²) in [6, 6.07) is 21.8. The van der Waals surface area contributed by atoms with E-state index in [4.69, 9.17) is 9.47 Å². The third kappa shape index (κ3) is 4.47. The van der Waals surface area contributed by atoms with E-state index in [0.29, 0.717) is 17.2 Å². The number of hydrogen-bond donors (Lipinski definition) is 1. The van der Waals surface area contributed by atoms with E-state index in [0.717, 1.165) is 16.9 Å². The molecule has 0 fully saturated rings. The second kappa shape index (κ2) is 9.50. The summed E-state index contributed by atoms with van der Waals surface area (Å²) >= 11 is 0. The van der Waals surface area contributed by atoms with Gasteiger partial charge >= 0.3 is 0 Å². The standard InChI is InChI=1S/C26H23N5O3/c1-33-22-12-11-20(16-23(22)34-18-21-17-30-14-6-5-10-24(30)28-21)29-26(32)25(31-15-7-13-27-31)19-8-3-2-4-9-19/h2-17,25H,18H2,1H3,(H,29,32). The zero-order chi connectivity index (χ0) is 23.3. The maximum absolute atomic E-state index is 13.3. The number of nitrogens with zero attached hydrogens (tertiary/aromatic N) is 4. The molecule has 0 radical (unpaired) electrons. The van der Waals surface area contributed by atoms with Crippen LogP contribution < -0.4 is 14.8 Å². The van der Waals surface area contributed by atoms with Gasteiger partial charge in [0.1, 0.15) is 12.3 Å². The molecule has 2 aromatic carbocycles. The minimum Gasteiger partial charge on any atom is -0.493 e. The fourth-order valence-corrected chi connectivity index (χ4v) is 3.78. The minimum absolute atomic E-state index is 0.216. The Labute approximate surface area is 196 Å². The van der Waals surface area contributed by atoms with Crippen LogP contribution in [0, 0.1) is 0 Å². The summed E-state index contributed by atoms with van der Waals surface area (Å²) < 4.78 is 15.0. The van der Waals surface area contributed by atoms with Crippen LogP contribution in [0.25, 0.3) is 5.65 Å². The third-order valence-electron chi connectivity index (χ3n) is 5.37. The molecule has 3 heterocycles. The van der Waals surface area contributed by atoms with Gasteiger partial charge in [-0.15, -0.1) is 0 Å². The average molecular weight is 454 g/mol. The van der Waals surface area contributed by atoms with Gasteiger partial charge in [-0.25, -0.2) is 4.98 Å². The van der Waals surface area contributed by atoms with E-state index in [1.54, 1.807) is 48.5 Å². The van der Waals surface area contributed by atoms with Crippen molar-refractivity contribution in [2.45, 2.75) is 12.6 Å². The predicted molar refractivity (Wildman–Crippen MR) is 128 cm³/mol. The summed E-state index contributed by atoms with van der Waals surface area (Å²) in [6.45, 7) is 0.259. The van der Waals surface area contributed by atoms with Crippen LogP contribution >= 0.6 is 0 Å². The van der Waals surface area contributed by atoms with Crippen LogP contribution in [-0.2, 0) is 11.4 Å². The van der Waals surface area contributed by atoms with Crippen molar-refractivity contribution in [1.29, 1.82) is 0 Å². The number of nitrogens with one attached hydrogen (secondary N) is 1. The van der Waals surface area contributed by atoms with Gasteiger partial charge < -0.3 is 19.2 Å². The lowest BCUT2D eigenvalue weighted by molar-refractivity contribution is -0.118. The van der Waals surface area contributed by atoms with Crippen LogP contribution in [-0.4, -0.2) is 32.2 Å². The van der Waals surface area contributed by atoms with Crippen LogP contribution in [0.15, 0.2) is 97.6 Å². The summed E-state index contributed by atoms with van der Waals surface area (Å²) in [7, 11) is 1.58. The van der Waals surface area contributed by atoms with Gasteiger partial charge in [-0.2, -0.15) is 5.10 Å². The van der Waals surface area contributed by atoms with Crippen LogP contribution in [0.4, 0.5) is 5.69 Å². The average Bonchev–Trinajstić information content (AvgIpc) is 3.54. The van der Waals surface area contributed by atoms with Crippen molar-refractivity contribution in [3.05, 3.63) is 109 Å². The van der Waals surface area contributed by atoms with Gasteiger partial charge in [0.25, 0.3) is 5.91 Å². The minimum atomic E-state index is -0.611. The molecule has 1 atom stereocenters. The van der Waals surface area contributed by atoms with Crippen molar-refractivity contribution in [3.63, 3.8) is 0 Å². The first-order valence-corrected chi connectivity index (χ1v) is 10.8. The lowest BCUT2D eigenvalue weighted by Gasteiger charge is -2.18. The molecule has 8 nitrogen and oxygen atoms in total. The molecule has 5 aromatic rings. The first kappa shape index (κ1) is 21.3. The number of fused-ring (bicyclic) bond motifs is 1. The number of methoxy groups -OCH3 is 1. The number of pyridine rings is 1. The molecule has 170 valence electrons. The Morgan fingerprint density at radius 3 is 2.62 bits per heavy atom. The molecule has 0 saturated heterocycles. The summed E-state index contributed by atoms with van der Waals surface area (Å²) in [4.78, 5) is 17.9. The molecule has 0 saturated carbocycles. The number of benzene rings is 2. The number of amides is 1. The quantitative estimate of drug-likeness (QED) is 0.378. The van der Waals surface area contributed by atoms with E-state index in [1.807, 2.05) is 65.3 Å². The number of ether oxygens (including phenoxy) is 2. The lowest BCUT2D eigenvalue weighted by atomic mass is 10.1. The Morgan fingerprint density at radius 1 is 1.00 bits per heavy atom. The SMILES string of the molecule is COc1ccc(NC(=O)C(c2ccccc2)n2cccn2)cc1OCc1cn2ccccc2n1. The van der Waals surface area contributed by atoms with Crippen molar-refractivity contribution < 1.29 is 14.3 Å². The molecule has 1 unspecified atom stereocenters. The normalized spacial score (nSPS) is 11.8. The number of anilines is 1. The Hall–Kier alpha value is -4.59. The van der Waals surface area contributed by atoms with Crippen molar-refractivity contribution in [3.8, 4) is 11.5 Å². The smallest absolute Gasteiger partial charge is 0.253 e. The molecule has 1 amide bonds. The van der Waals surface area contributed by atoms with Gasteiger partial charge in [-0.3, -0.25) is 9.48 Å². The van der Waals surface area contributed by atoms with Crippen molar-refractivity contribution in [1.82, 2.24) is 19.2 Å². The molecule has 0 bridgehead atoms. The molecular weight excluding hydrogens is 430 g/mol. The van der Waals surface area contributed by atoms with Crippen LogP contribution in [0.1, 0.15) is 17.3 Å². The largest absolute Gasteiger partial charge is 0.493 e. The fraction of sp³-hybridized carbons (Fsp3) is 0.115. The third-order valence-corrected chi connectivity index (χ3v) is 5.37. The van der Waals surface area contributed by atoms with E-state index in [9.17, 15) is 4.79 Å². The second-order valence-corrected chi connectivity index (χ2v) is 7.64. The Morgan fingerprint density at radius 2 is 1.85 bits per heavy atom. The van der Waals surface area contributed by atoms with Crippen molar-refractivity contribution in [2.24, 2.45) is 0 Å². The lowest BCUT2D eigenvalue weighted by Crippen LogP contribution is -2.27. The van der Waals surface area contributed by atoms with Gasteiger partial charge in [0.15, 0.2) is 17.5 Å². The summed E-state index contributed by atoms with van der Waals surface area (Å²) in [5.74, 6) is 0.854. The first-order valence-electron chi connectivity index (χ1n) is 10.8. The topological polar surface area (TPSA) is 82.7 Å². The molecule has 1 N–H and O–H groups in total. The summed E-state index contributed by atoms with van der Waals surface area (Å²) in [5.41, 5.74) is 3.05. The number of rotatable bonds is 8. The Balaban J connectivity index is 1.36. The summed E-state index contributed by atoms with van der Waals surface area (Å²) in [6.07, 6.45) is 7.28. The van der Waals surface area contributed by atoms with Gasteiger partial charge in [0, 0.05) is 36.5 Å². The predicted octanol–water partition coefficient (Wildman–Crippen LogP) is 4.35. The molecule has 0 spiro atoms. The van der Waals surface area contributed by atoms with E-state index >= 15 is 0 Å². The number of hydrogen-bond acceptors (Lipinski definition) is 5. The van der Waals surface area contributed by atoms with Crippen LogP contribution in [0.5, 0.6) is 11.5 Å². The Kier molecular flexibility index (Phi) is 5.94. The van der Waals surface area contributed by atoms with Gasteiger partial charge in [-0.05, 0) is 35.9 Å². The van der Waals surface area contributed by atoms with Crippen LogP contribution in [0.3, 0.4) is 0 Å². The highest BCUT2D eigenvalue weighted by molar-refractivity contribution is 5.96.